The summed E-state index contributed by atoms with van der Waals surface area (Å²) in [6.45, 7) is 0.0289. The van der Waals surface area contributed by atoms with Crippen molar-refractivity contribution in [1.29, 1.82) is 0 Å². The number of primary sulfonamides is 1. The van der Waals surface area contributed by atoms with Crippen LogP contribution in [-0.4, -0.2) is 26.9 Å². The van der Waals surface area contributed by atoms with Crippen molar-refractivity contribution >= 4 is 39.1 Å². The summed E-state index contributed by atoms with van der Waals surface area (Å²) in [4.78, 5) is 25.9. The molecule has 3 N–H and O–H groups in total. The molecule has 0 bridgehead atoms. The van der Waals surface area contributed by atoms with E-state index < -0.39 is 10.0 Å². The fraction of sp³-hybridized carbons (Fsp3) is 0.125. The number of nitrogens with two attached hydrogens (primary N) is 1. The number of nitrogens with one attached hydrogen (secondary N) is 1. The van der Waals surface area contributed by atoms with Crippen molar-refractivity contribution in [3.8, 4) is 0 Å². The highest BCUT2D eigenvalue weighted by Gasteiger charge is 2.27. The van der Waals surface area contributed by atoms with Crippen LogP contribution in [0, 0.1) is 0 Å². The Bertz CT molecular complexity index is 975. The minimum absolute atomic E-state index is 0.0289. The first-order chi connectivity index (χ1) is 11.8. The number of sulfonamides is 1. The molecule has 1 aliphatic heterocycles. The lowest BCUT2D eigenvalue weighted by Gasteiger charge is -2.29. The van der Waals surface area contributed by atoms with E-state index >= 15 is 0 Å². The molecule has 9 heteroatoms. The quantitative estimate of drug-likeness (QED) is 0.836. The highest BCUT2D eigenvalue weighted by Crippen LogP contribution is 2.27. The van der Waals surface area contributed by atoms with Crippen LogP contribution in [0.1, 0.15) is 15.9 Å². The van der Waals surface area contributed by atoms with Gasteiger partial charge in [-0.3, -0.25) is 14.5 Å². The number of nitrogens with zero attached hydrogens (tertiary/aromatic N) is 1. The number of hydrogen-bond donors (Lipinski definition) is 2. The normalized spacial score (nSPS) is 14.0. The van der Waals surface area contributed by atoms with Gasteiger partial charge in [-0.25, -0.2) is 13.6 Å². The highest BCUT2D eigenvalue weighted by atomic mass is 35.5. The molecule has 7 nitrogen and oxygen atoms in total. The van der Waals surface area contributed by atoms with E-state index in [1.807, 2.05) is 0 Å². The van der Waals surface area contributed by atoms with E-state index in [-0.39, 0.29) is 29.8 Å². The molecule has 2 amide bonds. The van der Waals surface area contributed by atoms with Gasteiger partial charge in [0.25, 0.3) is 5.91 Å². The molecule has 0 spiro atoms. The molecule has 2 aromatic rings. The molecule has 1 aliphatic rings. The van der Waals surface area contributed by atoms with E-state index in [0.717, 1.165) is 0 Å². The Morgan fingerprint density at radius 3 is 2.72 bits per heavy atom. The van der Waals surface area contributed by atoms with Crippen LogP contribution in [0.5, 0.6) is 0 Å². The SMILES string of the molecule is NS(=O)(=O)c1cccc(CC(=O)N2CNC(=O)c3cc(Cl)ccc32)c1. The van der Waals surface area contributed by atoms with Crippen molar-refractivity contribution in [1.82, 2.24) is 5.32 Å². The van der Waals surface area contributed by atoms with E-state index in [1.54, 1.807) is 18.2 Å². The predicted molar refractivity (Wildman–Crippen MR) is 92.8 cm³/mol. The monoisotopic (exact) mass is 379 g/mol. The highest BCUT2D eigenvalue weighted by molar-refractivity contribution is 7.89. The smallest absolute Gasteiger partial charge is 0.254 e. The minimum Gasteiger partial charge on any atom is -0.334 e. The molecular weight excluding hydrogens is 366 g/mol. The molecule has 2 aromatic carbocycles. The molecule has 0 radical (unpaired) electrons. The second-order valence-electron chi connectivity index (χ2n) is 5.52. The third-order valence-electron chi connectivity index (χ3n) is 3.78. The topological polar surface area (TPSA) is 110 Å². The van der Waals surface area contributed by atoms with Crippen LogP contribution >= 0.6 is 11.6 Å². The lowest BCUT2D eigenvalue weighted by atomic mass is 10.1. The van der Waals surface area contributed by atoms with Crippen molar-refractivity contribution in [3.05, 3.63) is 58.6 Å². The molecule has 0 atom stereocenters. The van der Waals surface area contributed by atoms with Gasteiger partial charge in [-0.1, -0.05) is 23.7 Å². The lowest BCUT2D eigenvalue weighted by molar-refractivity contribution is -0.118. The van der Waals surface area contributed by atoms with Crippen molar-refractivity contribution in [3.63, 3.8) is 0 Å². The first-order valence-electron chi connectivity index (χ1n) is 7.25. The molecule has 0 fully saturated rings. The summed E-state index contributed by atoms with van der Waals surface area (Å²) in [5.41, 5.74) is 1.27. The zero-order chi connectivity index (χ0) is 18.2. The van der Waals surface area contributed by atoms with Crippen LogP contribution in [0.15, 0.2) is 47.4 Å². The number of hydrogen-bond acceptors (Lipinski definition) is 4. The standard InChI is InChI=1S/C16H14ClN3O4S/c17-11-4-5-14-13(8-11)16(22)19-9-20(14)15(21)7-10-2-1-3-12(6-10)25(18,23)24/h1-6,8H,7,9H2,(H,19,22)(H2,18,23,24). The van der Waals surface area contributed by atoms with Gasteiger partial charge in [0.15, 0.2) is 0 Å². The second-order valence-corrected chi connectivity index (χ2v) is 7.51. The van der Waals surface area contributed by atoms with Gasteiger partial charge in [0.05, 0.1) is 29.2 Å². The summed E-state index contributed by atoms with van der Waals surface area (Å²) in [6.07, 6.45) is -0.0404. The van der Waals surface area contributed by atoms with Crippen LogP contribution in [-0.2, 0) is 21.2 Å². The lowest BCUT2D eigenvalue weighted by Crippen LogP contribution is -2.47. The average molecular weight is 380 g/mol. The number of amides is 2. The number of fused-ring (bicyclic) bond motifs is 1. The van der Waals surface area contributed by atoms with E-state index in [2.05, 4.69) is 5.32 Å². The summed E-state index contributed by atoms with van der Waals surface area (Å²) in [6, 6.07) is 10.6. The molecule has 130 valence electrons. The van der Waals surface area contributed by atoms with Gasteiger partial charge in [-0.15, -0.1) is 0 Å². The molecule has 1 heterocycles. The molecule has 25 heavy (non-hydrogen) atoms. The van der Waals surface area contributed by atoms with Crippen LogP contribution < -0.4 is 15.4 Å². The number of anilines is 1. The average Bonchev–Trinajstić information content (AvgIpc) is 2.55. The van der Waals surface area contributed by atoms with E-state index in [0.29, 0.717) is 21.8 Å². The van der Waals surface area contributed by atoms with Gasteiger partial charge in [-0.05, 0) is 35.9 Å². The third kappa shape index (κ3) is 3.65. The second kappa shape index (κ2) is 6.47. The van der Waals surface area contributed by atoms with E-state index in [4.69, 9.17) is 16.7 Å². The Kier molecular flexibility index (Phi) is 4.51. The first-order valence-corrected chi connectivity index (χ1v) is 9.18. The Hall–Kier alpha value is -2.42. The van der Waals surface area contributed by atoms with Gasteiger partial charge < -0.3 is 5.32 Å². The molecule has 0 saturated heterocycles. The third-order valence-corrected chi connectivity index (χ3v) is 4.92. The first kappa shape index (κ1) is 17.4. The van der Waals surface area contributed by atoms with Crippen molar-refractivity contribution in [2.45, 2.75) is 11.3 Å². The number of rotatable bonds is 3. The van der Waals surface area contributed by atoms with Gasteiger partial charge in [0.2, 0.25) is 15.9 Å². The van der Waals surface area contributed by atoms with Crippen molar-refractivity contribution < 1.29 is 18.0 Å². The molecule has 0 aromatic heterocycles. The number of carbonyl (C=O) groups excluding carboxylic acids is 2. The fourth-order valence-corrected chi connectivity index (χ4v) is 3.34. The van der Waals surface area contributed by atoms with Gasteiger partial charge in [0, 0.05) is 5.02 Å². The summed E-state index contributed by atoms with van der Waals surface area (Å²) < 4.78 is 22.9. The summed E-state index contributed by atoms with van der Waals surface area (Å²) >= 11 is 5.91. The molecule has 3 rings (SSSR count). The summed E-state index contributed by atoms with van der Waals surface area (Å²) in [5, 5.41) is 8.11. The Morgan fingerprint density at radius 2 is 2.00 bits per heavy atom. The zero-order valence-electron chi connectivity index (χ0n) is 12.9. The minimum atomic E-state index is -3.84. The molecule has 0 aliphatic carbocycles. The van der Waals surface area contributed by atoms with E-state index in [9.17, 15) is 18.0 Å². The summed E-state index contributed by atoms with van der Waals surface area (Å²) in [5.74, 6) is -0.604. The predicted octanol–water partition coefficient (Wildman–Crippen LogP) is 1.26. The van der Waals surface area contributed by atoms with Crippen LogP contribution in [0.25, 0.3) is 0 Å². The Balaban J connectivity index is 1.88. The van der Waals surface area contributed by atoms with Crippen LogP contribution in [0.3, 0.4) is 0 Å². The van der Waals surface area contributed by atoms with Crippen LogP contribution in [0.4, 0.5) is 5.69 Å². The van der Waals surface area contributed by atoms with Gasteiger partial charge in [-0.2, -0.15) is 0 Å². The maximum atomic E-state index is 12.6. The molecule has 0 saturated carbocycles. The Morgan fingerprint density at radius 1 is 1.24 bits per heavy atom. The van der Waals surface area contributed by atoms with Crippen LogP contribution in [0.2, 0.25) is 5.02 Å². The molecular formula is C16H14ClN3O4S. The number of halogens is 1. The summed E-state index contributed by atoms with van der Waals surface area (Å²) in [7, 11) is -3.84. The van der Waals surface area contributed by atoms with Gasteiger partial charge >= 0.3 is 0 Å². The fourth-order valence-electron chi connectivity index (χ4n) is 2.58. The number of benzene rings is 2. The number of carbonyl (C=O) groups is 2. The maximum absolute atomic E-state index is 12.6. The largest absolute Gasteiger partial charge is 0.334 e. The zero-order valence-corrected chi connectivity index (χ0v) is 14.5. The maximum Gasteiger partial charge on any atom is 0.254 e. The van der Waals surface area contributed by atoms with Crippen molar-refractivity contribution in [2.75, 3.05) is 11.6 Å². The van der Waals surface area contributed by atoms with Gasteiger partial charge in [0.1, 0.15) is 0 Å². The molecule has 0 unspecified atom stereocenters. The van der Waals surface area contributed by atoms with E-state index in [1.165, 1.54) is 29.2 Å². The van der Waals surface area contributed by atoms with Crippen molar-refractivity contribution in [2.24, 2.45) is 5.14 Å². The Labute approximate surface area is 149 Å².